The van der Waals surface area contributed by atoms with E-state index >= 15 is 0 Å². The van der Waals surface area contributed by atoms with E-state index in [1.54, 1.807) is 13.8 Å². The van der Waals surface area contributed by atoms with E-state index in [1.807, 2.05) is 30.3 Å². The summed E-state index contributed by atoms with van der Waals surface area (Å²) in [7, 11) is 0. The molecule has 0 amide bonds. The summed E-state index contributed by atoms with van der Waals surface area (Å²) < 4.78 is 10.8. The molecule has 104 valence electrons. The van der Waals surface area contributed by atoms with Gasteiger partial charge in [-0.1, -0.05) is 30.3 Å². The molecule has 1 aliphatic heterocycles. The molecule has 2 atom stereocenters. The number of ether oxygens (including phenoxy) is 2. The maximum atomic E-state index is 11.7. The third kappa shape index (κ3) is 3.86. The van der Waals surface area contributed by atoms with Crippen LogP contribution in [0.5, 0.6) is 0 Å². The Labute approximate surface area is 113 Å². The standard InChI is InChI=1S/C15H20O4/c1-15(2)18-10-13(17)14(19-15)12(16)9-8-11-6-4-3-5-7-11/h3-7,12,14,16H,8-10H2,1-2H3/t12-,14?/m0/s1. The SMILES string of the molecule is CC1(C)OCC(=O)C([C@@H](O)CCc2ccccc2)O1. The maximum Gasteiger partial charge on any atom is 0.190 e. The molecule has 0 bridgehead atoms. The lowest BCUT2D eigenvalue weighted by Crippen LogP contribution is -2.51. The number of aliphatic hydroxyl groups excluding tert-OH is 1. The van der Waals surface area contributed by atoms with Crippen molar-refractivity contribution in [2.75, 3.05) is 6.61 Å². The number of rotatable bonds is 4. The zero-order valence-electron chi connectivity index (χ0n) is 11.3. The van der Waals surface area contributed by atoms with Gasteiger partial charge in [-0.15, -0.1) is 0 Å². The van der Waals surface area contributed by atoms with Gasteiger partial charge < -0.3 is 14.6 Å². The number of carbonyl (C=O) groups excluding carboxylic acids is 1. The predicted molar refractivity (Wildman–Crippen MR) is 70.7 cm³/mol. The first-order chi connectivity index (χ1) is 8.98. The van der Waals surface area contributed by atoms with E-state index in [-0.39, 0.29) is 12.4 Å². The molecule has 1 aliphatic rings. The lowest BCUT2D eigenvalue weighted by molar-refractivity contribution is -0.271. The molecule has 0 radical (unpaired) electrons. The highest BCUT2D eigenvalue weighted by Gasteiger charge is 2.38. The van der Waals surface area contributed by atoms with Gasteiger partial charge in [0, 0.05) is 0 Å². The quantitative estimate of drug-likeness (QED) is 0.899. The molecule has 4 heteroatoms. The van der Waals surface area contributed by atoms with E-state index in [0.29, 0.717) is 6.42 Å². The predicted octanol–water partition coefficient (Wildman–Crippen LogP) is 1.70. The van der Waals surface area contributed by atoms with Crippen molar-refractivity contribution in [3.05, 3.63) is 35.9 Å². The number of hydrogen-bond donors (Lipinski definition) is 1. The van der Waals surface area contributed by atoms with Crippen LogP contribution in [0.15, 0.2) is 30.3 Å². The van der Waals surface area contributed by atoms with Crippen LogP contribution >= 0.6 is 0 Å². The van der Waals surface area contributed by atoms with Gasteiger partial charge in [0.25, 0.3) is 0 Å². The van der Waals surface area contributed by atoms with Gasteiger partial charge in [0.2, 0.25) is 0 Å². The number of Topliss-reactive ketones (excluding diaryl/α,β-unsaturated/α-hetero) is 1. The Morgan fingerprint density at radius 3 is 2.74 bits per heavy atom. The van der Waals surface area contributed by atoms with E-state index in [9.17, 15) is 9.90 Å². The minimum Gasteiger partial charge on any atom is -0.390 e. The summed E-state index contributed by atoms with van der Waals surface area (Å²) in [6.45, 7) is 3.49. The summed E-state index contributed by atoms with van der Waals surface area (Å²) >= 11 is 0. The van der Waals surface area contributed by atoms with Crippen LogP contribution in [0.25, 0.3) is 0 Å². The molecule has 2 rings (SSSR count). The minimum absolute atomic E-state index is 0.0000631. The molecule has 1 aromatic rings. The van der Waals surface area contributed by atoms with Crippen LogP contribution in [-0.2, 0) is 20.7 Å². The molecule has 0 spiro atoms. The van der Waals surface area contributed by atoms with Crippen LogP contribution < -0.4 is 0 Å². The Balaban J connectivity index is 1.91. The van der Waals surface area contributed by atoms with E-state index in [4.69, 9.17) is 9.47 Å². The topological polar surface area (TPSA) is 55.8 Å². The average molecular weight is 264 g/mol. The summed E-state index contributed by atoms with van der Waals surface area (Å²) in [5.41, 5.74) is 1.14. The van der Waals surface area contributed by atoms with Crippen LogP contribution in [0.3, 0.4) is 0 Å². The molecule has 0 saturated carbocycles. The smallest absolute Gasteiger partial charge is 0.190 e. The second-order valence-electron chi connectivity index (χ2n) is 5.28. The zero-order valence-corrected chi connectivity index (χ0v) is 11.3. The van der Waals surface area contributed by atoms with Crippen LogP contribution in [0, 0.1) is 0 Å². The monoisotopic (exact) mass is 264 g/mol. The number of benzene rings is 1. The second-order valence-corrected chi connectivity index (χ2v) is 5.28. The van der Waals surface area contributed by atoms with E-state index in [1.165, 1.54) is 0 Å². The van der Waals surface area contributed by atoms with Crippen molar-refractivity contribution >= 4 is 5.78 Å². The summed E-state index contributed by atoms with van der Waals surface area (Å²) in [6.07, 6.45) is -0.365. The van der Waals surface area contributed by atoms with Gasteiger partial charge in [0.15, 0.2) is 11.6 Å². The Kier molecular flexibility index (Phi) is 4.34. The summed E-state index contributed by atoms with van der Waals surface area (Å²) in [4.78, 5) is 11.7. The highest BCUT2D eigenvalue weighted by atomic mass is 16.7. The fraction of sp³-hybridized carbons (Fsp3) is 0.533. The number of aliphatic hydroxyl groups is 1. The molecule has 1 saturated heterocycles. The minimum atomic E-state index is -0.813. The van der Waals surface area contributed by atoms with Crippen molar-refractivity contribution in [3.63, 3.8) is 0 Å². The fourth-order valence-corrected chi connectivity index (χ4v) is 2.14. The first kappa shape index (κ1) is 14.2. The van der Waals surface area contributed by atoms with E-state index < -0.39 is 18.0 Å². The van der Waals surface area contributed by atoms with Crippen LogP contribution in [0.2, 0.25) is 0 Å². The number of hydrogen-bond acceptors (Lipinski definition) is 4. The second kappa shape index (κ2) is 5.82. The largest absolute Gasteiger partial charge is 0.390 e. The molecule has 19 heavy (non-hydrogen) atoms. The molecule has 4 nitrogen and oxygen atoms in total. The third-order valence-corrected chi connectivity index (χ3v) is 3.21. The Morgan fingerprint density at radius 1 is 1.37 bits per heavy atom. The van der Waals surface area contributed by atoms with Crippen LogP contribution in [0.1, 0.15) is 25.8 Å². The van der Waals surface area contributed by atoms with Gasteiger partial charge in [-0.3, -0.25) is 4.79 Å². The van der Waals surface area contributed by atoms with Gasteiger partial charge in [-0.25, -0.2) is 0 Å². The molecule has 1 unspecified atom stereocenters. The van der Waals surface area contributed by atoms with Gasteiger partial charge in [0.05, 0.1) is 6.10 Å². The molecule has 0 aromatic heterocycles. The van der Waals surface area contributed by atoms with Crippen molar-refractivity contribution in [2.45, 2.75) is 44.7 Å². The fourth-order valence-electron chi connectivity index (χ4n) is 2.14. The Hall–Kier alpha value is -1.23. The molecule has 1 N–H and O–H groups in total. The lowest BCUT2D eigenvalue weighted by Gasteiger charge is -2.36. The summed E-state index contributed by atoms with van der Waals surface area (Å²) in [5, 5.41) is 10.1. The van der Waals surface area contributed by atoms with E-state index in [2.05, 4.69) is 0 Å². The van der Waals surface area contributed by atoms with Gasteiger partial charge in [0.1, 0.15) is 12.7 Å². The molecule has 1 aromatic carbocycles. The highest BCUT2D eigenvalue weighted by molar-refractivity contribution is 5.85. The number of carbonyl (C=O) groups is 1. The number of ketones is 1. The number of aryl methyl sites for hydroxylation is 1. The maximum absolute atomic E-state index is 11.7. The van der Waals surface area contributed by atoms with Crippen molar-refractivity contribution in [1.29, 1.82) is 0 Å². The molecule has 1 heterocycles. The molecular formula is C15H20O4. The molecule has 0 aliphatic carbocycles. The third-order valence-electron chi connectivity index (χ3n) is 3.21. The van der Waals surface area contributed by atoms with Crippen molar-refractivity contribution in [3.8, 4) is 0 Å². The molecular weight excluding hydrogens is 244 g/mol. The summed E-state index contributed by atoms with van der Waals surface area (Å²) in [5.74, 6) is -1.01. The van der Waals surface area contributed by atoms with Gasteiger partial charge in [-0.05, 0) is 32.3 Å². The first-order valence-corrected chi connectivity index (χ1v) is 6.54. The molecule has 1 fully saturated rings. The van der Waals surface area contributed by atoms with Gasteiger partial charge >= 0.3 is 0 Å². The van der Waals surface area contributed by atoms with Gasteiger partial charge in [-0.2, -0.15) is 0 Å². The van der Waals surface area contributed by atoms with Crippen LogP contribution in [0.4, 0.5) is 0 Å². The Morgan fingerprint density at radius 2 is 2.05 bits per heavy atom. The van der Waals surface area contributed by atoms with Crippen molar-refractivity contribution < 1.29 is 19.4 Å². The zero-order chi connectivity index (χ0) is 13.9. The Bertz CT molecular complexity index is 427. The first-order valence-electron chi connectivity index (χ1n) is 6.54. The van der Waals surface area contributed by atoms with E-state index in [0.717, 1.165) is 12.0 Å². The normalized spacial score (nSPS) is 24.2. The highest BCUT2D eigenvalue weighted by Crippen LogP contribution is 2.23. The summed E-state index contributed by atoms with van der Waals surface area (Å²) in [6, 6.07) is 9.88. The van der Waals surface area contributed by atoms with Crippen molar-refractivity contribution in [1.82, 2.24) is 0 Å². The average Bonchev–Trinajstić information content (AvgIpc) is 2.40. The van der Waals surface area contributed by atoms with Crippen molar-refractivity contribution in [2.24, 2.45) is 0 Å². The van der Waals surface area contributed by atoms with Crippen LogP contribution in [-0.4, -0.2) is 35.5 Å². The lowest BCUT2D eigenvalue weighted by atomic mass is 10.0.